The molecule has 2 N–H and O–H groups in total. The highest BCUT2D eigenvalue weighted by molar-refractivity contribution is 7.46. The molecule has 0 saturated carbocycles. The third-order valence-electron chi connectivity index (χ3n) is 1.49. The average molecular weight is 270 g/mol. The fourth-order valence-electron chi connectivity index (χ4n) is 0.776. The van der Waals surface area contributed by atoms with Gasteiger partial charge in [0.1, 0.15) is 6.61 Å². The van der Waals surface area contributed by atoms with Gasteiger partial charge in [0, 0.05) is 13.3 Å². The average Bonchev–Trinajstić information content (AvgIpc) is 2.20. The number of phosphoric ester groups is 1. The van der Waals surface area contributed by atoms with E-state index in [0.717, 1.165) is 6.92 Å². The minimum absolute atomic E-state index is 0.0898. The second kappa shape index (κ2) is 7.39. The van der Waals surface area contributed by atoms with E-state index in [0.29, 0.717) is 0 Å². The number of esters is 2. The SMILES string of the molecule is CCC(=O)O[C@@H](COC(C)=O)COP(=O)(O)O. The van der Waals surface area contributed by atoms with Gasteiger partial charge in [-0.15, -0.1) is 0 Å². The fraction of sp³-hybridized carbons (Fsp3) is 0.750. The van der Waals surface area contributed by atoms with Gasteiger partial charge in [-0.1, -0.05) is 6.92 Å². The number of carbonyl (C=O) groups excluding carboxylic acids is 2. The van der Waals surface area contributed by atoms with E-state index in [2.05, 4.69) is 9.26 Å². The predicted molar refractivity (Wildman–Crippen MR) is 54.8 cm³/mol. The van der Waals surface area contributed by atoms with E-state index in [1.54, 1.807) is 6.92 Å². The maximum absolute atomic E-state index is 11.0. The Hall–Kier alpha value is -0.950. The van der Waals surface area contributed by atoms with Gasteiger partial charge in [0.2, 0.25) is 0 Å². The van der Waals surface area contributed by atoms with Crippen LogP contribution in [0.2, 0.25) is 0 Å². The van der Waals surface area contributed by atoms with Gasteiger partial charge in [-0.25, -0.2) is 4.57 Å². The quantitative estimate of drug-likeness (QED) is 0.489. The van der Waals surface area contributed by atoms with Crippen molar-refractivity contribution in [3.8, 4) is 0 Å². The van der Waals surface area contributed by atoms with Gasteiger partial charge >= 0.3 is 19.8 Å². The van der Waals surface area contributed by atoms with Crippen LogP contribution in [0.15, 0.2) is 0 Å². The van der Waals surface area contributed by atoms with Crippen LogP contribution in [-0.2, 0) is 28.2 Å². The van der Waals surface area contributed by atoms with Gasteiger partial charge in [-0.2, -0.15) is 0 Å². The Balaban J connectivity index is 4.24. The Morgan fingerprint density at radius 2 is 1.88 bits per heavy atom. The maximum Gasteiger partial charge on any atom is 0.469 e. The molecule has 0 aromatic carbocycles. The van der Waals surface area contributed by atoms with Crippen molar-refractivity contribution in [2.75, 3.05) is 13.2 Å². The lowest BCUT2D eigenvalue weighted by Gasteiger charge is -2.17. The standard InChI is InChI=1S/C8H15O8P/c1-3-8(10)16-7(4-14-6(2)9)5-15-17(11,12)13/h7H,3-5H2,1-2H3,(H2,11,12,13)/t7-/m0/s1. The molecule has 0 aromatic rings. The molecule has 0 saturated heterocycles. The monoisotopic (exact) mass is 270 g/mol. The molecule has 0 aromatic heterocycles. The first-order valence-corrected chi connectivity index (χ1v) is 6.30. The molecule has 0 radical (unpaired) electrons. The molecule has 0 amide bonds. The maximum atomic E-state index is 11.0. The zero-order valence-electron chi connectivity index (χ0n) is 9.49. The molecule has 0 bridgehead atoms. The Kier molecular flexibility index (Phi) is 6.98. The molecule has 1 atom stereocenters. The third-order valence-corrected chi connectivity index (χ3v) is 1.97. The Morgan fingerprint density at radius 3 is 2.29 bits per heavy atom. The lowest BCUT2D eigenvalue weighted by molar-refractivity contribution is -0.159. The summed E-state index contributed by atoms with van der Waals surface area (Å²) < 4.78 is 23.9. The smallest absolute Gasteiger partial charge is 0.462 e. The molecule has 0 aliphatic heterocycles. The summed E-state index contributed by atoms with van der Waals surface area (Å²) in [7, 11) is -4.65. The molecule has 0 fully saturated rings. The van der Waals surface area contributed by atoms with Crippen molar-refractivity contribution in [1.82, 2.24) is 0 Å². The highest BCUT2D eigenvalue weighted by Gasteiger charge is 2.21. The van der Waals surface area contributed by atoms with Crippen molar-refractivity contribution in [3.05, 3.63) is 0 Å². The summed E-state index contributed by atoms with van der Waals surface area (Å²) in [5.74, 6) is -1.19. The lowest BCUT2D eigenvalue weighted by Crippen LogP contribution is -2.28. The molecular formula is C8H15O8P. The van der Waals surface area contributed by atoms with E-state index >= 15 is 0 Å². The van der Waals surface area contributed by atoms with E-state index in [-0.39, 0.29) is 13.0 Å². The van der Waals surface area contributed by atoms with Crippen LogP contribution < -0.4 is 0 Å². The van der Waals surface area contributed by atoms with Crippen LogP contribution in [0, 0.1) is 0 Å². The van der Waals surface area contributed by atoms with Crippen molar-refractivity contribution >= 4 is 19.8 Å². The van der Waals surface area contributed by atoms with Crippen LogP contribution in [-0.4, -0.2) is 41.0 Å². The predicted octanol–water partition coefficient (Wildman–Crippen LogP) is -0.0194. The van der Waals surface area contributed by atoms with Gasteiger partial charge in [0.15, 0.2) is 6.10 Å². The van der Waals surface area contributed by atoms with Gasteiger partial charge in [0.05, 0.1) is 6.61 Å². The minimum atomic E-state index is -4.65. The highest BCUT2D eigenvalue weighted by atomic mass is 31.2. The normalized spacial score (nSPS) is 12.9. The topological polar surface area (TPSA) is 119 Å². The van der Waals surface area contributed by atoms with Gasteiger partial charge in [-0.3, -0.25) is 14.1 Å². The summed E-state index contributed by atoms with van der Waals surface area (Å²) in [6, 6.07) is 0. The molecule has 17 heavy (non-hydrogen) atoms. The number of carbonyl (C=O) groups is 2. The summed E-state index contributed by atoms with van der Waals surface area (Å²) in [5, 5.41) is 0. The van der Waals surface area contributed by atoms with Crippen molar-refractivity contribution in [2.45, 2.75) is 26.4 Å². The first kappa shape index (κ1) is 16.1. The number of rotatable bonds is 7. The van der Waals surface area contributed by atoms with E-state index in [9.17, 15) is 14.2 Å². The zero-order valence-corrected chi connectivity index (χ0v) is 10.4. The summed E-state index contributed by atoms with van der Waals surface area (Å²) >= 11 is 0. The van der Waals surface area contributed by atoms with Crippen molar-refractivity contribution < 1.29 is 37.9 Å². The third kappa shape index (κ3) is 9.95. The van der Waals surface area contributed by atoms with Crippen molar-refractivity contribution in [2.24, 2.45) is 0 Å². The summed E-state index contributed by atoms with van der Waals surface area (Å²) in [5.41, 5.74) is 0. The van der Waals surface area contributed by atoms with Gasteiger partial charge in [0.25, 0.3) is 0 Å². The van der Waals surface area contributed by atoms with E-state index in [4.69, 9.17) is 14.5 Å². The van der Waals surface area contributed by atoms with Crippen LogP contribution >= 0.6 is 7.82 Å². The lowest BCUT2D eigenvalue weighted by atomic mass is 10.4. The number of ether oxygens (including phenoxy) is 2. The molecule has 9 heteroatoms. The van der Waals surface area contributed by atoms with Crippen molar-refractivity contribution in [1.29, 1.82) is 0 Å². The van der Waals surface area contributed by atoms with Crippen LogP contribution in [0.25, 0.3) is 0 Å². The van der Waals surface area contributed by atoms with Crippen LogP contribution in [0.3, 0.4) is 0 Å². The van der Waals surface area contributed by atoms with Crippen LogP contribution in [0.5, 0.6) is 0 Å². The first-order chi connectivity index (χ1) is 7.74. The van der Waals surface area contributed by atoms with Crippen LogP contribution in [0.1, 0.15) is 20.3 Å². The Morgan fingerprint density at radius 1 is 1.29 bits per heavy atom. The molecule has 100 valence electrons. The second-order valence-corrected chi connectivity index (χ2v) is 4.29. The summed E-state index contributed by atoms with van der Waals surface area (Å²) in [4.78, 5) is 38.5. The Labute approximate surface area is 98.1 Å². The van der Waals surface area contributed by atoms with Crippen molar-refractivity contribution in [3.63, 3.8) is 0 Å². The van der Waals surface area contributed by atoms with E-state index in [1.165, 1.54) is 0 Å². The first-order valence-electron chi connectivity index (χ1n) is 4.77. The molecule has 0 rings (SSSR count). The molecule has 0 heterocycles. The molecule has 0 aliphatic rings. The largest absolute Gasteiger partial charge is 0.469 e. The second-order valence-electron chi connectivity index (χ2n) is 3.05. The van der Waals surface area contributed by atoms with E-state index < -0.39 is 32.5 Å². The summed E-state index contributed by atoms with van der Waals surface area (Å²) in [6.45, 7) is 1.84. The summed E-state index contributed by atoms with van der Waals surface area (Å²) in [6.07, 6.45) is -0.953. The Bertz CT molecular complexity index is 309. The van der Waals surface area contributed by atoms with Gasteiger partial charge < -0.3 is 19.3 Å². The zero-order chi connectivity index (χ0) is 13.5. The number of hydrogen-bond donors (Lipinski definition) is 2. The fourth-order valence-corrected chi connectivity index (χ4v) is 1.14. The molecular weight excluding hydrogens is 255 g/mol. The molecule has 0 aliphatic carbocycles. The molecule has 8 nitrogen and oxygen atoms in total. The number of phosphoric acid groups is 1. The minimum Gasteiger partial charge on any atom is -0.462 e. The molecule has 0 spiro atoms. The number of hydrogen-bond acceptors (Lipinski definition) is 6. The van der Waals surface area contributed by atoms with Crippen LogP contribution in [0.4, 0.5) is 0 Å². The highest BCUT2D eigenvalue weighted by Crippen LogP contribution is 2.35. The van der Waals surface area contributed by atoms with E-state index in [1.807, 2.05) is 0 Å². The molecule has 0 unspecified atom stereocenters. The van der Waals surface area contributed by atoms with Gasteiger partial charge in [-0.05, 0) is 0 Å².